The third-order valence-electron chi connectivity index (χ3n) is 4.53. The first-order chi connectivity index (χ1) is 13.7. The van der Waals surface area contributed by atoms with Crippen molar-refractivity contribution >= 4 is 12.0 Å². The highest BCUT2D eigenvalue weighted by atomic mass is 16.5. The first-order valence-electron chi connectivity index (χ1n) is 9.92. The lowest BCUT2D eigenvalue weighted by molar-refractivity contribution is -0.131. The normalized spacial score (nSPS) is 11.0. The number of benzene rings is 2. The lowest BCUT2D eigenvalue weighted by atomic mass is 10.0. The molecule has 1 N–H and O–H groups in total. The molecule has 28 heavy (non-hydrogen) atoms. The molecule has 0 bridgehead atoms. The van der Waals surface area contributed by atoms with E-state index in [0.29, 0.717) is 0 Å². The molecule has 0 amide bonds. The molecule has 0 spiro atoms. The quantitative estimate of drug-likeness (QED) is 0.350. The number of methoxy groups -OCH3 is 1. The molecule has 0 atom stereocenters. The Hall–Kier alpha value is -2.59. The van der Waals surface area contributed by atoms with Crippen LogP contribution in [0.15, 0.2) is 54.6 Å². The molecule has 0 saturated heterocycles. The summed E-state index contributed by atoms with van der Waals surface area (Å²) < 4.78 is 10.9. The molecule has 0 fully saturated rings. The summed E-state index contributed by atoms with van der Waals surface area (Å²) in [5, 5.41) is 8.67. The average Bonchev–Trinajstić information content (AvgIpc) is 2.72. The van der Waals surface area contributed by atoms with Crippen molar-refractivity contribution in [3.63, 3.8) is 0 Å². The zero-order chi connectivity index (χ0) is 20.0. The second-order valence-electron chi connectivity index (χ2n) is 6.78. The summed E-state index contributed by atoms with van der Waals surface area (Å²) in [6.45, 7) is 1.62. The van der Waals surface area contributed by atoms with Crippen molar-refractivity contribution in [2.45, 2.75) is 38.5 Å². The van der Waals surface area contributed by atoms with Crippen molar-refractivity contribution in [2.75, 3.05) is 20.3 Å². The number of carboxylic acid groups (broad SMARTS) is 1. The average molecular weight is 383 g/mol. The number of hydrogen-bond acceptors (Lipinski definition) is 3. The summed E-state index contributed by atoms with van der Waals surface area (Å²) in [5.41, 5.74) is 3.06. The van der Waals surface area contributed by atoms with E-state index in [9.17, 15) is 4.79 Å². The van der Waals surface area contributed by atoms with Crippen molar-refractivity contribution in [1.82, 2.24) is 0 Å². The van der Waals surface area contributed by atoms with Gasteiger partial charge in [0.25, 0.3) is 0 Å². The standard InChI is InChI=1S/C24H30O4/c1-27-18-6-4-2-3-5-7-19-28-23-15-13-22(14-16-23)21-11-8-20(9-12-21)10-17-24(25)26/h8-17H,2-7,18-19H2,1H3,(H,25,26)/b17-10+. The molecule has 0 aliphatic heterocycles. The van der Waals surface area contributed by atoms with E-state index in [2.05, 4.69) is 0 Å². The Bertz CT molecular complexity index is 717. The fourth-order valence-corrected chi connectivity index (χ4v) is 2.94. The zero-order valence-corrected chi connectivity index (χ0v) is 16.6. The van der Waals surface area contributed by atoms with Gasteiger partial charge in [-0.1, -0.05) is 62.1 Å². The maximum Gasteiger partial charge on any atom is 0.328 e. The van der Waals surface area contributed by atoms with Gasteiger partial charge >= 0.3 is 5.97 Å². The lowest BCUT2D eigenvalue weighted by Gasteiger charge is -2.08. The molecule has 2 aromatic rings. The number of hydrogen-bond donors (Lipinski definition) is 1. The Labute approximate surface area is 167 Å². The summed E-state index contributed by atoms with van der Waals surface area (Å²) >= 11 is 0. The predicted molar refractivity (Wildman–Crippen MR) is 114 cm³/mol. The highest BCUT2D eigenvalue weighted by molar-refractivity contribution is 5.85. The molecule has 0 aliphatic carbocycles. The van der Waals surface area contributed by atoms with E-state index in [1.807, 2.05) is 48.5 Å². The Morgan fingerprint density at radius 2 is 1.36 bits per heavy atom. The fourth-order valence-electron chi connectivity index (χ4n) is 2.94. The first kappa shape index (κ1) is 21.7. The van der Waals surface area contributed by atoms with Gasteiger partial charge in [-0.05, 0) is 47.7 Å². The minimum absolute atomic E-state index is 0.752. The Morgan fingerprint density at radius 3 is 1.93 bits per heavy atom. The minimum Gasteiger partial charge on any atom is -0.494 e. The van der Waals surface area contributed by atoms with Crippen LogP contribution in [0.5, 0.6) is 5.75 Å². The fraction of sp³-hybridized carbons (Fsp3) is 0.375. The maximum atomic E-state index is 10.6. The Balaban J connectivity index is 1.70. The molecule has 0 aromatic heterocycles. The van der Waals surface area contributed by atoms with E-state index in [-0.39, 0.29) is 0 Å². The summed E-state index contributed by atoms with van der Waals surface area (Å²) in [7, 11) is 1.75. The molecule has 0 unspecified atom stereocenters. The Kier molecular flexibility index (Phi) is 9.87. The smallest absolute Gasteiger partial charge is 0.328 e. The van der Waals surface area contributed by atoms with E-state index in [0.717, 1.165) is 54.6 Å². The summed E-state index contributed by atoms with van der Waals surface area (Å²) in [4.78, 5) is 10.6. The van der Waals surface area contributed by atoms with Crippen molar-refractivity contribution in [3.8, 4) is 16.9 Å². The van der Waals surface area contributed by atoms with Crippen LogP contribution in [-0.4, -0.2) is 31.4 Å². The van der Waals surface area contributed by atoms with E-state index in [1.165, 1.54) is 25.7 Å². The number of aliphatic carboxylic acids is 1. The summed E-state index contributed by atoms with van der Waals surface area (Å²) in [6.07, 6.45) is 9.93. The van der Waals surface area contributed by atoms with Gasteiger partial charge in [0.2, 0.25) is 0 Å². The van der Waals surface area contributed by atoms with Gasteiger partial charge in [0, 0.05) is 19.8 Å². The molecule has 0 aliphatic rings. The molecule has 4 heteroatoms. The largest absolute Gasteiger partial charge is 0.494 e. The van der Waals surface area contributed by atoms with E-state index < -0.39 is 5.97 Å². The molecular formula is C24H30O4. The monoisotopic (exact) mass is 382 g/mol. The van der Waals surface area contributed by atoms with E-state index >= 15 is 0 Å². The number of carboxylic acids is 1. The maximum absolute atomic E-state index is 10.6. The van der Waals surface area contributed by atoms with Crippen LogP contribution in [0.1, 0.15) is 44.1 Å². The molecular weight excluding hydrogens is 352 g/mol. The van der Waals surface area contributed by atoms with Crippen LogP contribution in [-0.2, 0) is 9.53 Å². The molecule has 0 saturated carbocycles. The number of ether oxygens (including phenoxy) is 2. The van der Waals surface area contributed by atoms with Crippen LogP contribution in [0.25, 0.3) is 17.2 Å². The van der Waals surface area contributed by atoms with Gasteiger partial charge in [0.05, 0.1) is 6.61 Å². The van der Waals surface area contributed by atoms with Crippen LogP contribution in [0.3, 0.4) is 0 Å². The lowest BCUT2D eigenvalue weighted by Crippen LogP contribution is -1.97. The highest BCUT2D eigenvalue weighted by Crippen LogP contribution is 2.23. The third kappa shape index (κ3) is 8.40. The number of unbranched alkanes of at least 4 members (excludes halogenated alkanes) is 5. The summed E-state index contributed by atoms with van der Waals surface area (Å²) in [6, 6.07) is 15.9. The van der Waals surface area contributed by atoms with Gasteiger partial charge in [0.1, 0.15) is 5.75 Å². The molecule has 2 rings (SSSR count). The number of carbonyl (C=O) groups is 1. The first-order valence-corrected chi connectivity index (χ1v) is 9.92. The van der Waals surface area contributed by atoms with E-state index in [4.69, 9.17) is 14.6 Å². The third-order valence-corrected chi connectivity index (χ3v) is 4.53. The van der Waals surface area contributed by atoms with Crippen LogP contribution < -0.4 is 4.74 Å². The van der Waals surface area contributed by atoms with E-state index in [1.54, 1.807) is 13.2 Å². The number of rotatable bonds is 13. The minimum atomic E-state index is -0.943. The van der Waals surface area contributed by atoms with Crippen LogP contribution in [0.2, 0.25) is 0 Å². The second kappa shape index (κ2) is 12.7. The van der Waals surface area contributed by atoms with Crippen LogP contribution in [0.4, 0.5) is 0 Å². The van der Waals surface area contributed by atoms with Gasteiger partial charge in [-0.3, -0.25) is 0 Å². The van der Waals surface area contributed by atoms with Gasteiger partial charge in [-0.2, -0.15) is 0 Å². The predicted octanol–water partition coefficient (Wildman–Crippen LogP) is 5.82. The highest BCUT2D eigenvalue weighted by Gasteiger charge is 2.00. The van der Waals surface area contributed by atoms with Crippen molar-refractivity contribution in [2.24, 2.45) is 0 Å². The van der Waals surface area contributed by atoms with Gasteiger partial charge < -0.3 is 14.6 Å². The zero-order valence-electron chi connectivity index (χ0n) is 16.6. The molecule has 0 radical (unpaired) electrons. The van der Waals surface area contributed by atoms with Crippen molar-refractivity contribution in [1.29, 1.82) is 0 Å². The van der Waals surface area contributed by atoms with Gasteiger partial charge in [-0.15, -0.1) is 0 Å². The van der Waals surface area contributed by atoms with Crippen LogP contribution in [0, 0.1) is 0 Å². The topological polar surface area (TPSA) is 55.8 Å². The molecule has 4 nitrogen and oxygen atoms in total. The van der Waals surface area contributed by atoms with Crippen molar-refractivity contribution < 1.29 is 19.4 Å². The Morgan fingerprint density at radius 1 is 0.821 bits per heavy atom. The molecule has 2 aromatic carbocycles. The molecule has 150 valence electrons. The van der Waals surface area contributed by atoms with Crippen LogP contribution >= 0.6 is 0 Å². The second-order valence-corrected chi connectivity index (χ2v) is 6.78. The SMILES string of the molecule is COCCCCCCCCOc1ccc(-c2ccc(/C=C/C(=O)O)cc2)cc1. The van der Waals surface area contributed by atoms with Gasteiger partial charge in [0.15, 0.2) is 0 Å². The van der Waals surface area contributed by atoms with Crippen molar-refractivity contribution in [3.05, 3.63) is 60.2 Å². The molecule has 0 heterocycles. The van der Waals surface area contributed by atoms with Gasteiger partial charge in [-0.25, -0.2) is 4.79 Å². The summed E-state index contributed by atoms with van der Waals surface area (Å²) in [5.74, 6) is -0.0494.